The van der Waals surface area contributed by atoms with E-state index in [1.807, 2.05) is 78.9 Å². The zero-order valence-electron chi connectivity index (χ0n) is 34.6. The molecule has 0 aromatic heterocycles. The number of esters is 1. The van der Waals surface area contributed by atoms with Crippen molar-refractivity contribution in [3.05, 3.63) is 155 Å². The topological polar surface area (TPSA) is 74.3 Å². The molecule has 2 heterocycles. The average molecular weight is 779 g/mol. The highest BCUT2D eigenvalue weighted by atomic mass is 16.5. The third-order valence-corrected chi connectivity index (χ3v) is 11.9. The summed E-state index contributed by atoms with van der Waals surface area (Å²) in [4.78, 5) is 34.6. The molecule has 2 aliphatic heterocycles. The monoisotopic (exact) mass is 778 g/mol. The fourth-order valence-electron chi connectivity index (χ4n) is 8.93. The summed E-state index contributed by atoms with van der Waals surface area (Å²) in [5.41, 5.74) is 7.01. The minimum Gasteiger partial charge on any atom is -0.465 e. The minimum atomic E-state index is -0.822. The van der Waals surface area contributed by atoms with E-state index < -0.39 is 11.5 Å². The summed E-state index contributed by atoms with van der Waals surface area (Å²) >= 11 is 0. The lowest BCUT2D eigenvalue weighted by atomic mass is 9.74. The van der Waals surface area contributed by atoms with Crippen molar-refractivity contribution in [2.24, 2.45) is 0 Å². The Balaban J connectivity index is 1.02. The van der Waals surface area contributed by atoms with Gasteiger partial charge in [-0.1, -0.05) is 91.0 Å². The quantitative estimate of drug-likeness (QED) is 0.0661. The van der Waals surface area contributed by atoms with Crippen molar-refractivity contribution in [3.8, 4) is 11.5 Å². The Morgan fingerprint density at radius 2 is 1.19 bits per heavy atom. The van der Waals surface area contributed by atoms with Crippen LogP contribution in [0.2, 0.25) is 0 Å². The van der Waals surface area contributed by atoms with E-state index in [0.717, 1.165) is 121 Å². The van der Waals surface area contributed by atoms with Gasteiger partial charge in [-0.05, 0) is 101 Å². The number of carbonyl (C=O) groups is 2. The largest absolute Gasteiger partial charge is 0.465 e. The number of unbranched alkanes of at least 4 members (excludes halogenated alkanes) is 2. The smallest absolute Gasteiger partial charge is 0.317 e. The van der Waals surface area contributed by atoms with Crippen molar-refractivity contribution >= 4 is 23.3 Å². The lowest BCUT2D eigenvalue weighted by Gasteiger charge is -2.45. The summed E-state index contributed by atoms with van der Waals surface area (Å²) in [7, 11) is 0. The second-order valence-corrected chi connectivity index (χ2v) is 15.1. The van der Waals surface area contributed by atoms with Gasteiger partial charge in [0.15, 0.2) is 0 Å². The van der Waals surface area contributed by atoms with E-state index in [0.29, 0.717) is 13.2 Å². The first-order valence-electron chi connectivity index (χ1n) is 21.3. The molecule has 7 rings (SSSR count). The van der Waals surface area contributed by atoms with Crippen LogP contribution in [0.5, 0.6) is 11.5 Å². The predicted octanol–water partition coefficient (Wildman–Crippen LogP) is 9.76. The van der Waals surface area contributed by atoms with Crippen LogP contribution in [0, 0.1) is 0 Å². The van der Waals surface area contributed by atoms with Crippen molar-refractivity contribution < 1.29 is 19.1 Å². The summed E-state index contributed by atoms with van der Waals surface area (Å²) in [6.45, 7) is 14.8. The first kappa shape index (κ1) is 40.6. The molecule has 58 heavy (non-hydrogen) atoms. The van der Waals surface area contributed by atoms with Gasteiger partial charge < -0.3 is 29.5 Å². The van der Waals surface area contributed by atoms with Crippen LogP contribution in [-0.4, -0.2) is 69.2 Å². The molecule has 0 saturated carbocycles. The number of fused-ring (bicyclic) bond motifs is 6. The minimum absolute atomic E-state index is 0.0475. The number of rotatable bonds is 19. The lowest BCUT2D eigenvalue weighted by Crippen LogP contribution is -2.48. The number of amides is 1. The van der Waals surface area contributed by atoms with Crippen molar-refractivity contribution in [3.63, 3.8) is 0 Å². The number of hydrogen-bond donors (Lipinski definition) is 1. The van der Waals surface area contributed by atoms with Gasteiger partial charge in [-0.3, -0.25) is 9.59 Å². The van der Waals surface area contributed by atoms with E-state index in [4.69, 9.17) is 9.47 Å². The van der Waals surface area contributed by atoms with Crippen LogP contribution in [0.1, 0.15) is 97.5 Å². The van der Waals surface area contributed by atoms with E-state index in [9.17, 15) is 9.59 Å². The molecule has 5 aromatic rings. The van der Waals surface area contributed by atoms with Gasteiger partial charge in [0.05, 0.1) is 6.61 Å². The third kappa shape index (κ3) is 7.95. The van der Waals surface area contributed by atoms with E-state index >= 15 is 0 Å². The second kappa shape index (κ2) is 18.8. The third-order valence-electron chi connectivity index (χ3n) is 11.9. The molecule has 0 unspecified atom stereocenters. The molecule has 0 fully saturated rings. The standard InChI is InChI=1S/C50H58N4O4/c1-5-52(6-2)39-27-29-43-45(35-39)58-46-36-40(53(7-3)8-4)28-30-44(46)50(43)42-26-17-16-25-41(42)48(55)54(50)33-20-32-51-31-18-11-19-34-57-49(56)47(37-21-12-9-13-22-37)38-23-14-10-15-24-38/h9-10,12-17,21-30,35-36,47,51H,5-8,11,18-20,31-34H2,1-4H3. The average Bonchev–Trinajstić information content (AvgIpc) is 3.50. The Bertz CT molecular complexity index is 2050. The number of ether oxygens (including phenoxy) is 2. The number of anilines is 2. The molecule has 0 aliphatic carbocycles. The summed E-state index contributed by atoms with van der Waals surface area (Å²) in [5, 5.41) is 3.62. The highest BCUT2D eigenvalue weighted by Crippen LogP contribution is 2.58. The zero-order valence-corrected chi connectivity index (χ0v) is 34.6. The van der Waals surface area contributed by atoms with Crippen LogP contribution in [0.15, 0.2) is 121 Å². The SMILES string of the molecule is CCN(CC)c1ccc2c(c1)Oc1cc(N(CC)CC)ccc1C21c2ccccc2C(=O)N1CCCNCCCCCOC(=O)C(c1ccccc1)c1ccccc1. The van der Waals surface area contributed by atoms with E-state index in [2.05, 4.69) is 90.2 Å². The van der Waals surface area contributed by atoms with E-state index in [-0.39, 0.29) is 11.9 Å². The van der Waals surface area contributed by atoms with Crippen molar-refractivity contribution in [1.82, 2.24) is 10.2 Å². The van der Waals surface area contributed by atoms with Crippen LogP contribution in [0.3, 0.4) is 0 Å². The number of carbonyl (C=O) groups excluding carboxylic acids is 2. The number of nitrogens with one attached hydrogen (secondary N) is 1. The predicted molar refractivity (Wildman–Crippen MR) is 234 cm³/mol. The summed E-state index contributed by atoms with van der Waals surface area (Å²) in [6, 6.07) is 40.9. The molecular formula is C50H58N4O4. The first-order chi connectivity index (χ1) is 28.5. The lowest BCUT2D eigenvalue weighted by molar-refractivity contribution is -0.144. The Morgan fingerprint density at radius 3 is 1.76 bits per heavy atom. The molecule has 2 aliphatic rings. The maximum Gasteiger partial charge on any atom is 0.317 e. The molecule has 8 nitrogen and oxygen atoms in total. The van der Waals surface area contributed by atoms with Gasteiger partial charge in [0.25, 0.3) is 5.91 Å². The van der Waals surface area contributed by atoms with Crippen molar-refractivity contribution in [2.75, 3.05) is 62.2 Å². The zero-order chi connectivity index (χ0) is 40.5. The molecule has 0 saturated heterocycles. The van der Waals surface area contributed by atoms with Gasteiger partial charge >= 0.3 is 5.97 Å². The van der Waals surface area contributed by atoms with Crippen molar-refractivity contribution in [2.45, 2.75) is 64.8 Å². The molecule has 1 spiro atoms. The molecule has 5 aromatic carbocycles. The number of nitrogens with zero attached hydrogens (tertiary/aromatic N) is 3. The van der Waals surface area contributed by atoms with Crippen LogP contribution in [-0.2, 0) is 15.1 Å². The van der Waals surface area contributed by atoms with Crippen LogP contribution in [0.4, 0.5) is 11.4 Å². The highest BCUT2D eigenvalue weighted by Gasteiger charge is 2.56. The van der Waals surface area contributed by atoms with Crippen molar-refractivity contribution in [1.29, 1.82) is 0 Å². The molecule has 0 radical (unpaired) electrons. The van der Waals surface area contributed by atoms with Gasteiger partial charge in [-0.15, -0.1) is 0 Å². The molecular weight excluding hydrogens is 721 g/mol. The van der Waals surface area contributed by atoms with Gasteiger partial charge in [0, 0.05) is 72.9 Å². The fraction of sp³-hybridized carbons (Fsp3) is 0.360. The molecule has 8 heteroatoms. The molecule has 0 atom stereocenters. The summed E-state index contributed by atoms with van der Waals surface area (Å²) in [5.74, 6) is 0.989. The number of benzene rings is 5. The van der Waals surface area contributed by atoms with Gasteiger partial charge in [-0.25, -0.2) is 0 Å². The van der Waals surface area contributed by atoms with Crippen LogP contribution >= 0.6 is 0 Å². The van der Waals surface area contributed by atoms with Crippen LogP contribution in [0.25, 0.3) is 0 Å². The van der Waals surface area contributed by atoms with E-state index in [1.54, 1.807) is 0 Å². The fourth-order valence-corrected chi connectivity index (χ4v) is 8.93. The first-order valence-corrected chi connectivity index (χ1v) is 21.3. The number of hydrogen-bond acceptors (Lipinski definition) is 7. The Kier molecular flexibility index (Phi) is 13.1. The normalized spacial score (nSPS) is 13.5. The Labute approximate surface area is 344 Å². The highest BCUT2D eigenvalue weighted by molar-refractivity contribution is 6.02. The van der Waals surface area contributed by atoms with E-state index in [1.165, 1.54) is 0 Å². The Hall–Kier alpha value is -5.60. The summed E-state index contributed by atoms with van der Waals surface area (Å²) < 4.78 is 12.7. The maximum atomic E-state index is 14.6. The van der Waals surface area contributed by atoms with Gasteiger partial charge in [0.2, 0.25) is 0 Å². The summed E-state index contributed by atoms with van der Waals surface area (Å²) in [6.07, 6.45) is 3.51. The molecule has 1 N–H and O–H groups in total. The maximum absolute atomic E-state index is 14.6. The van der Waals surface area contributed by atoms with Gasteiger partial charge in [-0.2, -0.15) is 0 Å². The molecule has 0 bridgehead atoms. The molecule has 1 amide bonds. The van der Waals surface area contributed by atoms with Crippen LogP contribution < -0.4 is 19.9 Å². The molecule has 302 valence electrons. The second-order valence-electron chi connectivity index (χ2n) is 15.1. The Morgan fingerprint density at radius 1 is 0.655 bits per heavy atom. The van der Waals surface area contributed by atoms with Gasteiger partial charge in [0.1, 0.15) is 23.0 Å².